The van der Waals surface area contributed by atoms with Gasteiger partial charge in [0.05, 0.1) is 11.6 Å². The Hall–Kier alpha value is -0.940. The first-order valence-corrected chi connectivity index (χ1v) is 5.78. The number of hydrogen-bond donors (Lipinski definition) is 1. The smallest absolute Gasteiger partial charge is 0.358 e. The van der Waals surface area contributed by atoms with Gasteiger partial charge in [-0.15, -0.1) is 11.3 Å². The average Bonchev–Trinajstić information content (AvgIpc) is 2.57. The van der Waals surface area contributed by atoms with Crippen molar-refractivity contribution in [2.45, 2.75) is 20.3 Å². The number of thiazole rings is 1. The number of hydrogen-bond acceptors (Lipinski definition) is 5. The van der Waals surface area contributed by atoms with Gasteiger partial charge in [-0.1, -0.05) is 0 Å². The highest BCUT2D eigenvalue weighted by atomic mass is 32.1. The van der Waals surface area contributed by atoms with Gasteiger partial charge >= 0.3 is 5.97 Å². The van der Waals surface area contributed by atoms with Crippen LogP contribution in [0, 0.1) is 6.92 Å². The molecule has 0 amide bonds. The molecule has 5 heteroatoms. The van der Waals surface area contributed by atoms with Gasteiger partial charge in [0.1, 0.15) is 0 Å². The Kier molecular flexibility index (Phi) is 4.71. The van der Waals surface area contributed by atoms with Crippen molar-refractivity contribution in [2.24, 2.45) is 0 Å². The van der Waals surface area contributed by atoms with E-state index < -0.39 is 0 Å². The van der Waals surface area contributed by atoms with Crippen molar-refractivity contribution in [3.8, 4) is 0 Å². The van der Waals surface area contributed by atoms with Crippen LogP contribution in [0.25, 0.3) is 0 Å². The number of carbonyl (C=O) groups excluding carboxylic acids is 1. The fourth-order valence-electron chi connectivity index (χ4n) is 1.18. The lowest BCUT2D eigenvalue weighted by Gasteiger charge is -1.97. The first-order valence-electron chi connectivity index (χ1n) is 4.97. The van der Waals surface area contributed by atoms with Crippen LogP contribution in [0.15, 0.2) is 0 Å². The molecular formula is C10H16N2O2S. The summed E-state index contributed by atoms with van der Waals surface area (Å²) in [5.41, 5.74) is 0.466. The first kappa shape index (κ1) is 12.1. The van der Waals surface area contributed by atoms with Gasteiger partial charge < -0.3 is 10.1 Å². The standard InChI is InChI=1S/C10H16N2O2S/c1-4-14-10(13)9-7(2)15-8(12-9)5-6-11-3/h11H,4-6H2,1-3H3. The summed E-state index contributed by atoms with van der Waals surface area (Å²) in [4.78, 5) is 16.7. The number of carbonyl (C=O) groups is 1. The predicted octanol–water partition coefficient (Wildman–Crippen LogP) is 1.39. The summed E-state index contributed by atoms with van der Waals surface area (Å²) in [6.45, 7) is 4.95. The Morgan fingerprint density at radius 1 is 1.60 bits per heavy atom. The summed E-state index contributed by atoms with van der Waals surface area (Å²) in [7, 11) is 1.90. The molecule has 0 fully saturated rings. The number of rotatable bonds is 5. The zero-order valence-electron chi connectivity index (χ0n) is 9.29. The van der Waals surface area contributed by atoms with Crippen LogP contribution in [0.1, 0.15) is 27.3 Å². The number of esters is 1. The van der Waals surface area contributed by atoms with Crippen LogP contribution in [0.2, 0.25) is 0 Å². The van der Waals surface area contributed by atoms with E-state index in [2.05, 4.69) is 10.3 Å². The third-order valence-corrected chi connectivity index (χ3v) is 2.93. The van der Waals surface area contributed by atoms with Gasteiger partial charge in [-0.25, -0.2) is 9.78 Å². The quantitative estimate of drug-likeness (QED) is 0.774. The molecule has 0 radical (unpaired) electrons. The summed E-state index contributed by atoms with van der Waals surface area (Å²) in [5, 5.41) is 4.03. The van der Waals surface area contributed by atoms with E-state index in [9.17, 15) is 4.79 Å². The number of likely N-dealkylation sites (N-methyl/N-ethyl adjacent to an activating group) is 1. The summed E-state index contributed by atoms with van der Waals surface area (Å²) < 4.78 is 4.92. The number of aryl methyl sites for hydroxylation is 1. The minimum absolute atomic E-state index is 0.318. The van der Waals surface area contributed by atoms with Gasteiger partial charge in [-0.3, -0.25) is 0 Å². The van der Waals surface area contributed by atoms with Crippen molar-refractivity contribution in [2.75, 3.05) is 20.2 Å². The van der Waals surface area contributed by atoms with E-state index >= 15 is 0 Å². The Morgan fingerprint density at radius 3 is 2.93 bits per heavy atom. The molecule has 1 N–H and O–H groups in total. The molecule has 0 saturated heterocycles. The van der Waals surface area contributed by atoms with Crippen LogP contribution in [0.3, 0.4) is 0 Å². The van der Waals surface area contributed by atoms with Crippen molar-refractivity contribution < 1.29 is 9.53 Å². The monoisotopic (exact) mass is 228 g/mol. The van der Waals surface area contributed by atoms with E-state index in [0.29, 0.717) is 12.3 Å². The van der Waals surface area contributed by atoms with E-state index in [1.165, 1.54) is 0 Å². The second-order valence-electron chi connectivity index (χ2n) is 3.09. The van der Waals surface area contributed by atoms with Gasteiger partial charge in [0, 0.05) is 17.8 Å². The normalized spacial score (nSPS) is 10.3. The topological polar surface area (TPSA) is 51.2 Å². The minimum Gasteiger partial charge on any atom is -0.461 e. The highest BCUT2D eigenvalue weighted by Crippen LogP contribution is 2.18. The van der Waals surface area contributed by atoms with Crippen LogP contribution >= 0.6 is 11.3 Å². The van der Waals surface area contributed by atoms with E-state index in [1.807, 2.05) is 14.0 Å². The van der Waals surface area contributed by atoms with Crippen molar-refractivity contribution in [1.82, 2.24) is 10.3 Å². The molecule has 0 spiro atoms. The minimum atomic E-state index is -0.318. The van der Waals surface area contributed by atoms with Crippen LogP contribution < -0.4 is 5.32 Å². The Bertz CT molecular complexity index is 336. The summed E-state index contributed by atoms with van der Waals surface area (Å²) in [6.07, 6.45) is 0.849. The lowest BCUT2D eigenvalue weighted by molar-refractivity contribution is 0.0519. The zero-order valence-corrected chi connectivity index (χ0v) is 10.1. The van der Waals surface area contributed by atoms with Gasteiger partial charge in [-0.05, 0) is 20.9 Å². The Morgan fingerprint density at radius 2 is 2.33 bits per heavy atom. The van der Waals surface area contributed by atoms with Crippen molar-refractivity contribution in [3.63, 3.8) is 0 Å². The molecule has 0 unspecified atom stereocenters. The Labute approximate surface area is 93.7 Å². The maximum absolute atomic E-state index is 11.5. The van der Waals surface area contributed by atoms with E-state index in [0.717, 1.165) is 22.9 Å². The highest BCUT2D eigenvalue weighted by molar-refractivity contribution is 7.11. The first-order chi connectivity index (χ1) is 7.19. The molecule has 15 heavy (non-hydrogen) atoms. The second-order valence-corrected chi connectivity index (χ2v) is 4.37. The van der Waals surface area contributed by atoms with Crippen LogP contribution in [0.5, 0.6) is 0 Å². The van der Waals surface area contributed by atoms with Crippen molar-refractivity contribution >= 4 is 17.3 Å². The third kappa shape index (κ3) is 3.28. The number of aromatic nitrogens is 1. The SMILES string of the molecule is CCOC(=O)c1nc(CCNC)sc1C. The molecule has 1 aromatic heterocycles. The number of nitrogens with one attached hydrogen (secondary N) is 1. The number of nitrogens with zero attached hydrogens (tertiary/aromatic N) is 1. The molecule has 0 aliphatic heterocycles. The molecule has 0 saturated carbocycles. The second kappa shape index (κ2) is 5.82. The van der Waals surface area contributed by atoms with Gasteiger partial charge in [0.15, 0.2) is 5.69 Å². The Balaban J connectivity index is 2.72. The van der Waals surface area contributed by atoms with E-state index in [-0.39, 0.29) is 5.97 Å². The molecular weight excluding hydrogens is 212 g/mol. The molecule has 0 aliphatic rings. The lowest BCUT2D eigenvalue weighted by Crippen LogP contribution is -2.11. The molecule has 4 nitrogen and oxygen atoms in total. The summed E-state index contributed by atoms with van der Waals surface area (Å²) >= 11 is 1.56. The summed E-state index contributed by atoms with van der Waals surface area (Å²) in [6, 6.07) is 0. The van der Waals surface area contributed by atoms with Gasteiger partial charge in [0.2, 0.25) is 0 Å². The van der Waals surface area contributed by atoms with Crippen LogP contribution in [-0.4, -0.2) is 31.2 Å². The van der Waals surface area contributed by atoms with Crippen molar-refractivity contribution in [1.29, 1.82) is 0 Å². The fraction of sp³-hybridized carbons (Fsp3) is 0.600. The maximum Gasteiger partial charge on any atom is 0.358 e. The molecule has 0 atom stereocenters. The molecule has 1 aromatic rings. The maximum atomic E-state index is 11.5. The largest absolute Gasteiger partial charge is 0.461 e. The predicted molar refractivity (Wildman–Crippen MR) is 60.4 cm³/mol. The van der Waals surface area contributed by atoms with Gasteiger partial charge in [-0.2, -0.15) is 0 Å². The molecule has 1 rings (SSSR count). The lowest BCUT2D eigenvalue weighted by atomic mass is 10.4. The highest BCUT2D eigenvalue weighted by Gasteiger charge is 2.15. The summed E-state index contributed by atoms with van der Waals surface area (Å²) in [5.74, 6) is -0.318. The zero-order chi connectivity index (χ0) is 11.3. The van der Waals surface area contributed by atoms with Crippen LogP contribution in [-0.2, 0) is 11.2 Å². The molecule has 0 aliphatic carbocycles. The number of ether oxygens (including phenoxy) is 1. The van der Waals surface area contributed by atoms with Crippen LogP contribution in [0.4, 0.5) is 0 Å². The molecule has 0 bridgehead atoms. The fourth-order valence-corrected chi connectivity index (χ4v) is 2.10. The van der Waals surface area contributed by atoms with E-state index in [4.69, 9.17) is 4.74 Å². The average molecular weight is 228 g/mol. The molecule has 0 aromatic carbocycles. The molecule has 1 heterocycles. The van der Waals surface area contributed by atoms with Gasteiger partial charge in [0.25, 0.3) is 0 Å². The van der Waals surface area contributed by atoms with E-state index in [1.54, 1.807) is 18.3 Å². The molecule has 84 valence electrons. The third-order valence-electron chi connectivity index (χ3n) is 1.90. The van der Waals surface area contributed by atoms with Crippen molar-refractivity contribution in [3.05, 3.63) is 15.6 Å².